The molecule has 3 aromatic rings. The van der Waals surface area contributed by atoms with E-state index in [0.717, 1.165) is 11.3 Å². The summed E-state index contributed by atoms with van der Waals surface area (Å²) >= 11 is 0. The van der Waals surface area contributed by atoms with E-state index in [1.807, 2.05) is 12.1 Å². The van der Waals surface area contributed by atoms with Gasteiger partial charge in [-0.1, -0.05) is 23.4 Å². The van der Waals surface area contributed by atoms with E-state index in [0.29, 0.717) is 17.0 Å². The predicted octanol–water partition coefficient (Wildman–Crippen LogP) is 3.60. The van der Waals surface area contributed by atoms with Gasteiger partial charge >= 0.3 is 0 Å². The van der Waals surface area contributed by atoms with Gasteiger partial charge in [-0.15, -0.1) is 0 Å². The van der Waals surface area contributed by atoms with E-state index in [9.17, 15) is 9.18 Å². The Balaban J connectivity index is 1.62. The minimum absolute atomic E-state index is 0.0738. The highest BCUT2D eigenvalue weighted by Crippen LogP contribution is 2.19. The Labute approximate surface area is 155 Å². The van der Waals surface area contributed by atoms with Gasteiger partial charge in [0.25, 0.3) is 0 Å². The van der Waals surface area contributed by atoms with Crippen molar-refractivity contribution in [2.45, 2.75) is 13.5 Å². The Morgan fingerprint density at radius 2 is 1.96 bits per heavy atom. The second kappa shape index (κ2) is 8.27. The molecule has 6 nitrogen and oxygen atoms in total. The Hall–Kier alpha value is -3.48. The van der Waals surface area contributed by atoms with Crippen molar-refractivity contribution >= 4 is 12.0 Å². The van der Waals surface area contributed by atoms with Gasteiger partial charge in [0.05, 0.1) is 13.7 Å². The van der Waals surface area contributed by atoms with Crippen LogP contribution in [-0.2, 0) is 11.3 Å². The van der Waals surface area contributed by atoms with E-state index in [1.54, 1.807) is 44.4 Å². The van der Waals surface area contributed by atoms with Gasteiger partial charge in [-0.3, -0.25) is 4.79 Å². The molecule has 0 aliphatic carbocycles. The number of ether oxygens (including phenoxy) is 1. The molecule has 0 aliphatic heterocycles. The maximum absolute atomic E-state index is 13.7. The standard InChI is InChI=1S/C20H18FN3O3/c1-13(11-15-5-3-4-6-17(15)21)20(25)22-12-18-23-19(24-27-18)14-7-9-16(26-2)10-8-14/h3-11H,12H2,1-2H3,(H,22,25)/b13-11+. The molecule has 138 valence electrons. The van der Waals surface area contributed by atoms with Crippen molar-refractivity contribution < 1.29 is 18.4 Å². The minimum Gasteiger partial charge on any atom is -0.497 e. The first-order chi connectivity index (χ1) is 13.1. The molecule has 0 saturated heterocycles. The molecule has 0 spiro atoms. The van der Waals surface area contributed by atoms with Crippen molar-refractivity contribution in [3.8, 4) is 17.1 Å². The molecule has 3 rings (SSSR count). The zero-order valence-electron chi connectivity index (χ0n) is 14.9. The number of methoxy groups -OCH3 is 1. The highest BCUT2D eigenvalue weighted by molar-refractivity contribution is 5.97. The van der Waals surface area contributed by atoms with Gasteiger partial charge in [-0.25, -0.2) is 4.39 Å². The van der Waals surface area contributed by atoms with Crippen LogP contribution in [-0.4, -0.2) is 23.2 Å². The topological polar surface area (TPSA) is 77.3 Å². The molecular formula is C20H18FN3O3. The van der Waals surface area contributed by atoms with Crippen LogP contribution in [0.3, 0.4) is 0 Å². The lowest BCUT2D eigenvalue weighted by atomic mass is 10.1. The van der Waals surface area contributed by atoms with Gasteiger partial charge < -0.3 is 14.6 Å². The Morgan fingerprint density at radius 3 is 2.67 bits per heavy atom. The zero-order valence-corrected chi connectivity index (χ0v) is 14.9. The van der Waals surface area contributed by atoms with Crippen LogP contribution in [0.4, 0.5) is 4.39 Å². The minimum atomic E-state index is -0.384. The van der Waals surface area contributed by atoms with Crippen LogP contribution in [0.15, 0.2) is 58.6 Å². The van der Waals surface area contributed by atoms with Crippen LogP contribution in [0.1, 0.15) is 18.4 Å². The number of hydrogen-bond donors (Lipinski definition) is 1. The van der Waals surface area contributed by atoms with E-state index < -0.39 is 0 Å². The largest absolute Gasteiger partial charge is 0.497 e. The summed E-state index contributed by atoms with van der Waals surface area (Å²) in [7, 11) is 1.59. The third kappa shape index (κ3) is 4.58. The maximum atomic E-state index is 13.7. The number of hydrogen-bond acceptors (Lipinski definition) is 5. The third-order valence-corrected chi connectivity index (χ3v) is 3.85. The Bertz CT molecular complexity index is 965. The highest BCUT2D eigenvalue weighted by Gasteiger charge is 2.11. The van der Waals surface area contributed by atoms with Crippen LogP contribution in [0.25, 0.3) is 17.5 Å². The Kier molecular flexibility index (Phi) is 5.61. The molecule has 1 heterocycles. The summed E-state index contributed by atoms with van der Waals surface area (Å²) in [5.41, 5.74) is 1.49. The number of benzene rings is 2. The van der Waals surface area contributed by atoms with Gasteiger partial charge in [0.2, 0.25) is 17.6 Å². The molecular weight excluding hydrogens is 349 g/mol. The van der Waals surface area contributed by atoms with E-state index in [4.69, 9.17) is 9.26 Å². The fraction of sp³-hybridized carbons (Fsp3) is 0.150. The lowest BCUT2D eigenvalue weighted by Gasteiger charge is -2.03. The predicted molar refractivity (Wildman–Crippen MR) is 98.2 cm³/mol. The number of carbonyl (C=O) groups is 1. The quantitative estimate of drug-likeness (QED) is 0.674. The fourth-order valence-corrected chi connectivity index (χ4v) is 2.37. The van der Waals surface area contributed by atoms with Crippen LogP contribution in [0.5, 0.6) is 5.75 Å². The van der Waals surface area contributed by atoms with Gasteiger partial charge in [0, 0.05) is 16.7 Å². The van der Waals surface area contributed by atoms with E-state index in [2.05, 4.69) is 15.5 Å². The third-order valence-electron chi connectivity index (χ3n) is 3.85. The van der Waals surface area contributed by atoms with Crippen LogP contribution in [0.2, 0.25) is 0 Å². The van der Waals surface area contributed by atoms with Crippen molar-refractivity contribution in [1.82, 2.24) is 15.5 Å². The number of halogens is 1. The molecule has 1 amide bonds. The summed E-state index contributed by atoms with van der Waals surface area (Å²) in [6, 6.07) is 13.5. The number of amides is 1. The highest BCUT2D eigenvalue weighted by atomic mass is 19.1. The van der Waals surface area contributed by atoms with Gasteiger partial charge in [-0.2, -0.15) is 4.98 Å². The maximum Gasteiger partial charge on any atom is 0.247 e. The molecule has 0 aliphatic rings. The zero-order chi connectivity index (χ0) is 19.2. The van der Waals surface area contributed by atoms with E-state index >= 15 is 0 Å². The van der Waals surface area contributed by atoms with Crippen LogP contribution in [0, 0.1) is 5.82 Å². The molecule has 0 unspecified atom stereocenters. The molecule has 2 aromatic carbocycles. The number of carbonyl (C=O) groups excluding carboxylic acids is 1. The first-order valence-electron chi connectivity index (χ1n) is 8.25. The van der Waals surface area contributed by atoms with E-state index in [-0.39, 0.29) is 24.2 Å². The molecule has 0 atom stereocenters. The lowest BCUT2D eigenvalue weighted by molar-refractivity contribution is -0.117. The number of aromatic nitrogens is 2. The summed E-state index contributed by atoms with van der Waals surface area (Å²) in [6.45, 7) is 1.68. The molecule has 0 bridgehead atoms. The summed E-state index contributed by atoms with van der Waals surface area (Å²) in [5.74, 6) is 0.688. The number of nitrogens with zero attached hydrogens (tertiary/aromatic N) is 2. The molecule has 1 aromatic heterocycles. The van der Waals surface area contributed by atoms with Crippen molar-refractivity contribution in [3.63, 3.8) is 0 Å². The summed E-state index contributed by atoms with van der Waals surface area (Å²) in [5, 5.41) is 6.58. The Morgan fingerprint density at radius 1 is 1.22 bits per heavy atom. The second-order valence-corrected chi connectivity index (χ2v) is 5.77. The molecule has 1 N–H and O–H groups in total. The fourth-order valence-electron chi connectivity index (χ4n) is 2.37. The van der Waals surface area contributed by atoms with E-state index in [1.165, 1.54) is 12.1 Å². The average molecular weight is 367 g/mol. The van der Waals surface area contributed by atoms with Gasteiger partial charge in [-0.05, 0) is 43.3 Å². The first-order valence-corrected chi connectivity index (χ1v) is 8.25. The van der Waals surface area contributed by atoms with Crippen molar-refractivity contribution in [3.05, 3.63) is 71.4 Å². The SMILES string of the molecule is COc1ccc(-c2noc(CNC(=O)/C(C)=C/c3ccccc3F)n2)cc1. The normalized spacial score (nSPS) is 11.3. The summed E-state index contributed by atoms with van der Waals surface area (Å²) in [4.78, 5) is 16.4. The summed E-state index contributed by atoms with van der Waals surface area (Å²) < 4.78 is 23.9. The average Bonchev–Trinajstić information content (AvgIpc) is 3.17. The van der Waals surface area contributed by atoms with Crippen molar-refractivity contribution in [2.24, 2.45) is 0 Å². The van der Waals surface area contributed by atoms with Crippen LogP contribution >= 0.6 is 0 Å². The molecule has 0 fully saturated rings. The van der Waals surface area contributed by atoms with Gasteiger partial charge in [0.1, 0.15) is 11.6 Å². The van der Waals surface area contributed by atoms with Crippen molar-refractivity contribution in [2.75, 3.05) is 7.11 Å². The second-order valence-electron chi connectivity index (χ2n) is 5.77. The summed E-state index contributed by atoms with van der Waals surface area (Å²) in [6.07, 6.45) is 1.49. The smallest absolute Gasteiger partial charge is 0.247 e. The number of rotatable bonds is 6. The molecule has 0 saturated carbocycles. The van der Waals surface area contributed by atoms with Crippen LogP contribution < -0.4 is 10.1 Å². The number of nitrogens with one attached hydrogen (secondary N) is 1. The first kappa shape index (κ1) is 18.3. The lowest BCUT2D eigenvalue weighted by Crippen LogP contribution is -2.23. The van der Waals surface area contributed by atoms with Gasteiger partial charge in [0.15, 0.2) is 0 Å². The monoisotopic (exact) mass is 367 g/mol. The molecule has 0 radical (unpaired) electrons. The molecule has 27 heavy (non-hydrogen) atoms. The molecule has 7 heteroatoms. The van der Waals surface area contributed by atoms with Crippen molar-refractivity contribution in [1.29, 1.82) is 0 Å².